The molecular formula is C10H10ClFN2. The fourth-order valence-electron chi connectivity index (χ4n) is 1.40. The van der Waals surface area contributed by atoms with E-state index in [1.807, 2.05) is 0 Å². The number of amidine groups is 1. The number of hydrogen-bond acceptors (Lipinski definition) is 2. The molecule has 0 atom stereocenters. The second kappa shape index (κ2) is 3.96. The molecule has 14 heavy (non-hydrogen) atoms. The zero-order chi connectivity index (χ0) is 9.97. The summed E-state index contributed by atoms with van der Waals surface area (Å²) in [4.78, 5) is 4.23. The number of hydrogen-bond donors (Lipinski definition) is 1. The SMILES string of the molecule is Fc1cccc(NC2=NCCC2)c1Cl. The van der Waals surface area contributed by atoms with E-state index in [0.29, 0.717) is 5.69 Å². The second-order valence-electron chi connectivity index (χ2n) is 3.16. The predicted octanol–water partition coefficient (Wildman–Crippen LogP) is 3.08. The van der Waals surface area contributed by atoms with E-state index in [4.69, 9.17) is 11.6 Å². The summed E-state index contributed by atoms with van der Waals surface area (Å²) in [7, 11) is 0. The van der Waals surface area contributed by atoms with Crippen LogP contribution in [-0.4, -0.2) is 12.4 Å². The van der Waals surface area contributed by atoms with Gasteiger partial charge in [0.1, 0.15) is 11.7 Å². The van der Waals surface area contributed by atoms with Crippen LogP contribution in [0, 0.1) is 5.82 Å². The van der Waals surface area contributed by atoms with Crippen LogP contribution in [0.4, 0.5) is 10.1 Å². The molecule has 1 N–H and O–H groups in total. The standard InChI is InChI=1S/C10H10ClFN2/c11-10-7(12)3-1-4-8(10)14-9-5-2-6-13-9/h1,3-4H,2,5-6H2,(H,13,14). The molecule has 1 aliphatic heterocycles. The molecule has 4 heteroatoms. The van der Waals surface area contributed by atoms with Crippen molar-refractivity contribution in [2.75, 3.05) is 11.9 Å². The zero-order valence-corrected chi connectivity index (χ0v) is 8.31. The normalized spacial score (nSPS) is 15.4. The van der Waals surface area contributed by atoms with Gasteiger partial charge in [0.05, 0.1) is 10.7 Å². The molecule has 1 aromatic rings. The maximum absolute atomic E-state index is 13.0. The smallest absolute Gasteiger partial charge is 0.143 e. The van der Waals surface area contributed by atoms with Crippen LogP contribution >= 0.6 is 11.6 Å². The van der Waals surface area contributed by atoms with Gasteiger partial charge in [-0.15, -0.1) is 0 Å². The van der Waals surface area contributed by atoms with Gasteiger partial charge in [0.2, 0.25) is 0 Å². The zero-order valence-electron chi connectivity index (χ0n) is 7.56. The van der Waals surface area contributed by atoms with Gasteiger partial charge in [0.15, 0.2) is 0 Å². The summed E-state index contributed by atoms with van der Waals surface area (Å²) in [5.41, 5.74) is 0.590. The number of aliphatic imine (C=N–C) groups is 1. The number of rotatable bonds is 1. The Bertz CT molecular complexity index is 376. The van der Waals surface area contributed by atoms with Crippen molar-refractivity contribution in [2.45, 2.75) is 12.8 Å². The molecule has 2 nitrogen and oxygen atoms in total. The highest BCUT2D eigenvalue weighted by Gasteiger charge is 2.10. The fourth-order valence-corrected chi connectivity index (χ4v) is 1.57. The maximum atomic E-state index is 13.0. The molecule has 1 aromatic carbocycles. The molecule has 0 radical (unpaired) electrons. The number of benzene rings is 1. The highest BCUT2D eigenvalue weighted by atomic mass is 35.5. The third-order valence-corrected chi connectivity index (χ3v) is 2.49. The van der Waals surface area contributed by atoms with Gasteiger partial charge in [-0.1, -0.05) is 17.7 Å². The Labute approximate surface area is 86.8 Å². The molecule has 2 rings (SSSR count). The van der Waals surface area contributed by atoms with Gasteiger partial charge in [-0.25, -0.2) is 4.39 Å². The van der Waals surface area contributed by atoms with E-state index in [1.165, 1.54) is 6.07 Å². The van der Waals surface area contributed by atoms with Crippen LogP contribution in [-0.2, 0) is 0 Å². The molecule has 1 aliphatic rings. The van der Waals surface area contributed by atoms with Gasteiger partial charge in [-0.3, -0.25) is 4.99 Å². The Morgan fingerprint density at radius 2 is 2.29 bits per heavy atom. The van der Waals surface area contributed by atoms with Crippen LogP contribution in [0.1, 0.15) is 12.8 Å². The molecule has 0 fully saturated rings. The topological polar surface area (TPSA) is 24.4 Å². The first-order valence-corrected chi connectivity index (χ1v) is 4.89. The van der Waals surface area contributed by atoms with Crippen molar-refractivity contribution in [1.82, 2.24) is 0 Å². The maximum Gasteiger partial charge on any atom is 0.143 e. The van der Waals surface area contributed by atoms with Crippen molar-refractivity contribution in [3.05, 3.63) is 29.0 Å². The van der Waals surface area contributed by atoms with Crippen molar-refractivity contribution < 1.29 is 4.39 Å². The Morgan fingerprint density at radius 3 is 3.00 bits per heavy atom. The highest BCUT2D eigenvalue weighted by Crippen LogP contribution is 2.25. The lowest BCUT2D eigenvalue weighted by Crippen LogP contribution is -2.08. The average molecular weight is 213 g/mol. The highest BCUT2D eigenvalue weighted by molar-refractivity contribution is 6.33. The molecular weight excluding hydrogens is 203 g/mol. The Kier molecular flexibility index (Phi) is 2.68. The van der Waals surface area contributed by atoms with Crippen molar-refractivity contribution in [1.29, 1.82) is 0 Å². The molecule has 0 spiro atoms. The first kappa shape index (κ1) is 9.46. The van der Waals surface area contributed by atoms with E-state index in [2.05, 4.69) is 10.3 Å². The number of nitrogens with zero attached hydrogens (tertiary/aromatic N) is 1. The average Bonchev–Trinajstić information content (AvgIpc) is 2.66. The molecule has 0 saturated heterocycles. The quantitative estimate of drug-likeness (QED) is 0.760. The lowest BCUT2D eigenvalue weighted by molar-refractivity contribution is 0.629. The Hall–Kier alpha value is -1.09. The van der Waals surface area contributed by atoms with Gasteiger partial charge in [-0.2, -0.15) is 0 Å². The predicted molar refractivity (Wildman–Crippen MR) is 56.6 cm³/mol. The third kappa shape index (κ3) is 1.87. The molecule has 74 valence electrons. The first-order chi connectivity index (χ1) is 6.77. The van der Waals surface area contributed by atoms with Crippen LogP contribution < -0.4 is 5.32 Å². The van der Waals surface area contributed by atoms with E-state index < -0.39 is 5.82 Å². The summed E-state index contributed by atoms with van der Waals surface area (Å²) in [6.07, 6.45) is 1.96. The molecule has 0 amide bonds. The molecule has 0 bridgehead atoms. The van der Waals surface area contributed by atoms with Gasteiger partial charge in [-0.05, 0) is 18.6 Å². The second-order valence-corrected chi connectivity index (χ2v) is 3.54. The molecule has 0 aromatic heterocycles. The Morgan fingerprint density at radius 1 is 1.43 bits per heavy atom. The van der Waals surface area contributed by atoms with Gasteiger partial charge < -0.3 is 5.32 Å². The number of nitrogens with one attached hydrogen (secondary N) is 1. The van der Waals surface area contributed by atoms with Crippen molar-refractivity contribution >= 4 is 23.1 Å². The fraction of sp³-hybridized carbons (Fsp3) is 0.300. The van der Waals surface area contributed by atoms with Gasteiger partial charge in [0.25, 0.3) is 0 Å². The van der Waals surface area contributed by atoms with E-state index in [1.54, 1.807) is 12.1 Å². The largest absolute Gasteiger partial charge is 0.343 e. The van der Waals surface area contributed by atoms with Crippen LogP contribution in [0.3, 0.4) is 0 Å². The van der Waals surface area contributed by atoms with Crippen LogP contribution in [0.25, 0.3) is 0 Å². The molecule has 0 aliphatic carbocycles. The first-order valence-electron chi connectivity index (χ1n) is 4.52. The molecule has 0 unspecified atom stereocenters. The van der Waals surface area contributed by atoms with Crippen LogP contribution in [0.15, 0.2) is 23.2 Å². The van der Waals surface area contributed by atoms with E-state index >= 15 is 0 Å². The molecule has 0 saturated carbocycles. The number of halogens is 2. The number of anilines is 1. The van der Waals surface area contributed by atoms with Crippen molar-refractivity contribution in [2.24, 2.45) is 4.99 Å². The summed E-state index contributed by atoms with van der Waals surface area (Å²) < 4.78 is 13.0. The summed E-state index contributed by atoms with van der Waals surface area (Å²) in [5, 5.41) is 3.15. The lowest BCUT2D eigenvalue weighted by atomic mass is 10.3. The minimum Gasteiger partial charge on any atom is -0.343 e. The van der Waals surface area contributed by atoms with E-state index in [-0.39, 0.29) is 5.02 Å². The monoisotopic (exact) mass is 212 g/mol. The van der Waals surface area contributed by atoms with Gasteiger partial charge in [0, 0.05) is 13.0 Å². The van der Waals surface area contributed by atoms with E-state index in [0.717, 1.165) is 25.2 Å². The summed E-state index contributed by atoms with van der Waals surface area (Å²) in [5.74, 6) is 0.479. The molecule has 1 heterocycles. The van der Waals surface area contributed by atoms with Gasteiger partial charge >= 0.3 is 0 Å². The summed E-state index contributed by atoms with van der Waals surface area (Å²) >= 11 is 5.78. The third-order valence-electron chi connectivity index (χ3n) is 2.10. The Balaban J connectivity index is 2.20. The minimum absolute atomic E-state index is 0.127. The summed E-state index contributed by atoms with van der Waals surface area (Å²) in [6.45, 7) is 0.843. The lowest BCUT2D eigenvalue weighted by Gasteiger charge is -2.07. The van der Waals surface area contributed by atoms with Crippen LogP contribution in [0.5, 0.6) is 0 Å². The van der Waals surface area contributed by atoms with Crippen molar-refractivity contribution in [3.63, 3.8) is 0 Å². The van der Waals surface area contributed by atoms with Crippen LogP contribution in [0.2, 0.25) is 5.02 Å². The summed E-state index contributed by atoms with van der Waals surface area (Å²) in [6, 6.07) is 4.70. The minimum atomic E-state index is -0.407. The van der Waals surface area contributed by atoms with E-state index in [9.17, 15) is 4.39 Å². The van der Waals surface area contributed by atoms with Crippen molar-refractivity contribution in [3.8, 4) is 0 Å².